The Morgan fingerprint density at radius 2 is 0.640 bits per heavy atom. The Hall–Kier alpha value is -3.53. The number of likely N-dealkylation sites (N-methyl/N-ethyl adjacent to an activating group) is 1. The summed E-state index contributed by atoms with van der Waals surface area (Å²) in [6.07, 6.45) is 93.0. The number of esters is 2. The molecule has 1 N–H and O–H groups in total. The summed E-state index contributed by atoms with van der Waals surface area (Å²) < 4.78 is 23.0. The first-order valence-electron chi connectivity index (χ1n) is 37.8. The number of hydrogen-bond donors (Lipinski definition) is 1. The molecular formula is C80H144NO8+. The number of allylic oxidation sites excluding steroid dienone is 14. The van der Waals surface area contributed by atoms with E-state index in [1.54, 1.807) is 0 Å². The SMILES string of the molecule is CC/C=C\C/C=C\C/C=C\C/C=C\C/C=C\C/C=C\CCCCCCCCCCC(=O)OC(COC(=O)CCCCCCCCCCCCCCCCCCCCCCCCCCC/C=C\CCCCCCCCCC)COC(OCC[N+](C)(C)C)C(=O)O. The number of unbranched alkanes of at least 4 members (excludes halogenated alkanes) is 41. The Kier molecular flexibility index (Phi) is 67.6. The van der Waals surface area contributed by atoms with Gasteiger partial charge in [0.15, 0.2) is 6.10 Å². The number of ether oxygens (including phenoxy) is 4. The Bertz CT molecular complexity index is 1740. The lowest BCUT2D eigenvalue weighted by molar-refractivity contribution is -0.870. The highest BCUT2D eigenvalue weighted by Crippen LogP contribution is 2.19. The Labute approximate surface area is 550 Å². The number of carboxylic acids is 1. The summed E-state index contributed by atoms with van der Waals surface area (Å²) >= 11 is 0. The second-order valence-corrected chi connectivity index (χ2v) is 26.6. The monoisotopic (exact) mass is 1250 g/mol. The molecule has 0 aromatic carbocycles. The van der Waals surface area contributed by atoms with Gasteiger partial charge in [-0.3, -0.25) is 9.59 Å². The smallest absolute Gasteiger partial charge is 0.361 e. The van der Waals surface area contributed by atoms with Gasteiger partial charge in [-0.2, -0.15) is 0 Å². The van der Waals surface area contributed by atoms with E-state index in [9.17, 15) is 19.5 Å². The second kappa shape index (κ2) is 70.3. The predicted molar refractivity (Wildman–Crippen MR) is 382 cm³/mol. The molecule has 0 fully saturated rings. The largest absolute Gasteiger partial charge is 0.477 e. The summed E-state index contributed by atoms with van der Waals surface area (Å²) in [5.41, 5.74) is 0. The molecule has 2 unspecified atom stereocenters. The zero-order valence-corrected chi connectivity index (χ0v) is 59.1. The number of carbonyl (C=O) groups is 3. The van der Waals surface area contributed by atoms with Crippen LogP contribution in [-0.2, 0) is 33.3 Å². The summed E-state index contributed by atoms with van der Waals surface area (Å²) in [5.74, 6) is -2.00. The molecule has 0 rings (SSSR count). The second-order valence-electron chi connectivity index (χ2n) is 26.6. The van der Waals surface area contributed by atoms with E-state index in [4.69, 9.17) is 18.9 Å². The molecule has 0 radical (unpaired) electrons. The molecule has 9 nitrogen and oxygen atoms in total. The molecule has 0 aromatic rings. The number of quaternary nitrogens is 1. The molecule has 0 amide bonds. The highest BCUT2D eigenvalue weighted by Gasteiger charge is 2.25. The summed E-state index contributed by atoms with van der Waals surface area (Å²) in [7, 11) is 5.98. The zero-order chi connectivity index (χ0) is 64.7. The van der Waals surface area contributed by atoms with Crippen LogP contribution < -0.4 is 0 Å². The Morgan fingerprint density at radius 3 is 0.966 bits per heavy atom. The zero-order valence-electron chi connectivity index (χ0n) is 59.1. The van der Waals surface area contributed by atoms with Gasteiger partial charge in [0.25, 0.3) is 6.29 Å². The van der Waals surface area contributed by atoms with Crippen molar-refractivity contribution in [2.75, 3.05) is 47.5 Å². The maximum atomic E-state index is 13.0. The minimum absolute atomic E-state index is 0.184. The number of nitrogens with zero attached hydrogens (tertiary/aromatic N) is 1. The van der Waals surface area contributed by atoms with Gasteiger partial charge >= 0.3 is 17.9 Å². The number of rotatable bonds is 70. The van der Waals surface area contributed by atoms with Crippen molar-refractivity contribution in [2.24, 2.45) is 0 Å². The fraction of sp³-hybridized carbons (Fsp3) is 0.787. The molecule has 0 aliphatic rings. The van der Waals surface area contributed by atoms with Crippen molar-refractivity contribution in [1.29, 1.82) is 0 Å². The molecule has 516 valence electrons. The summed E-state index contributed by atoms with van der Waals surface area (Å²) in [5, 5.41) is 9.76. The molecular weight excluding hydrogens is 1100 g/mol. The Balaban J connectivity index is 4.03. The highest BCUT2D eigenvalue weighted by molar-refractivity contribution is 5.71. The standard InChI is InChI=1S/C80H143NO8/c1-6-8-10-12-14-16-18-20-22-24-26-28-30-32-34-35-36-37-38-39-40-41-42-43-45-46-48-50-52-54-56-58-60-62-64-66-68-70-77(82)87-74-76(75-88-80(79(84)85)86-73-72-81(3,4)5)89-78(83)71-69-67-65-63-61-59-57-55-53-51-49-47-44-33-31-29-27-25-23-21-19-17-15-13-11-9-7-2/h9,11,15,17,21,23-24,26-27,29,33,44,49,51,76,80H,6-8,10,12-14,16,18-20,22,25,28,30-32,34-43,45-48,50,52-75H2,1-5H3/p+1/b11-9-,17-15-,23-21-,26-24-,29-27-,44-33-,51-49-. The molecule has 0 heterocycles. The third-order valence-corrected chi connectivity index (χ3v) is 16.6. The maximum absolute atomic E-state index is 13.0. The average Bonchev–Trinajstić information content (AvgIpc) is 3.64. The van der Waals surface area contributed by atoms with Crippen molar-refractivity contribution in [3.8, 4) is 0 Å². The lowest BCUT2D eigenvalue weighted by Crippen LogP contribution is -2.40. The van der Waals surface area contributed by atoms with E-state index in [-0.39, 0.29) is 32.2 Å². The normalized spacial score (nSPS) is 13.1. The molecule has 89 heavy (non-hydrogen) atoms. The molecule has 2 atom stereocenters. The van der Waals surface area contributed by atoms with Crippen LogP contribution in [0.1, 0.15) is 348 Å². The molecule has 0 bridgehead atoms. The maximum Gasteiger partial charge on any atom is 0.361 e. The van der Waals surface area contributed by atoms with Gasteiger partial charge in [0, 0.05) is 12.8 Å². The van der Waals surface area contributed by atoms with E-state index in [2.05, 4.69) is 98.9 Å². The van der Waals surface area contributed by atoms with Gasteiger partial charge in [0.05, 0.1) is 34.4 Å². The van der Waals surface area contributed by atoms with E-state index in [1.165, 1.54) is 231 Å². The third kappa shape index (κ3) is 71.8. The van der Waals surface area contributed by atoms with E-state index < -0.39 is 24.3 Å². The lowest BCUT2D eigenvalue weighted by Gasteiger charge is -2.25. The first-order valence-corrected chi connectivity index (χ1v) is 37.8. The van der Waals surface area contributed by atoms with Gasteiger partial charge in [-0.15, -0.1) is 0 Å². The van der Waals surface area contributed by atoms with Gasteiger partial charge in [0.2, 0.25) is 0 Å². The van der Waals surface area contributed by atoms with Crippen LogP contribution in [0.4, 0.5) is 0 Å². The summed E-state index contributed by atoms with van der Waals surface area (Å²) in [6, 6.07) is 0. The molecule has 0 aromatic heterocycles. The van der Waals surface area contributed by atoms with Gasteiger partial charge in [0.1, 0.15) is 13.2 Å². The van der Waals surface area contributed by atoms with Crippen molar-refractivity contribution < 1.29 is 42.9 Å². The van der Waals surface area contributed by atoms with Crippen molar-refractivity contribution in [2.45, 2.75) is 360 Å². The summed E-state index contributed by atoms with van der Waals surface area (Å²) in [4.78, 5) is 37.7. The molecule has 9 heteroatoms. The van der Waals surface area contributed by atoms with Crippen LogP contribution in [0.25, 0.3) is 0 Å². The molecule has 0 aliphatic carbocycles. The number of carboxylic acid groups (broad SMARTS) is 1. The summed E-state index contributed by atoms with van der Waals surface area (Å²) in [6.45, 7) is 4.79. The molecule has 0 saturated heterocycles. The van der Waals surface area contributed by atoms with Crippen molar-refractivity contribution >= 4 is 17.9 Å². The minimum Gasteiger partial charge on any atom is -0.477 e. The molecule has 0 spiro atoms. The van der Waals surface area contributed by atoms with Crippen LogP contribution >= 0.6 is 0 Å². The average molecular weight is 1250 g/mol. The lowest BCUT2D eigenvalue weighted by atomic mass is 10.0. The van der Waals surface area contributed by atoms with Crippen LogP contribution in [-0.4, -0.2) is 87.4 Å². The number of hydrogen-bond acceptors (Lipinski definition) is 7. The van der Waals surface area contributed by atoms with E-state index in [1.807, 2.05) is 21.1 Å². The molecule has 0 aliphatic heterocycles. The van der Waals surface area contributed by atoms with E-state index in [0.717, 1.165) is 83.5 Å². The van der Waals surface area contributed by atoms with Crippen LogP contribution in [0.3, 0.4) is 0 Å². The van der Waals surface area contributed by atoms with E-state index >= 15 is 0 Å². The van der Waals surface area contributed by atoms with Crippen molar-refractivity contribution in [1.82, 2.24) is 0 Å². The Morgan fingerprint density at radius 1 is 0.348 bits per heavy atom. The topological polar surface area (TPSA) is 108 Å². The quantitative estimate of drug-likeness (QED) is 0.0211. The van der Waals surface area contributed by atoms with E-state index in [0.29, 0.717) is 23.9 Å². The van der Waals surface area contributed by atoms with Gasteiger partial charge in [-0.05, 0) is 89.9 Å². The highest BCUT2D eigenvalue weighted by atomic mass is 16.7. The fourth-order valence-corrected chi connectivity index (χ4v) is 10.9. The first kappa shape index (κ1) is 85.5. The third-order valence-electron chi connectivity index (χ3n) is 16.6. The van der Waals surface area contributed by atoms with Crippen LogP contribution in [0, 0.1) is 0 Å². The van der Waals surface area contributed by atoms with Crippen LogP contribution in [0.2, 0.25) is 0 Å². The van der Waals surface area contributed by atoms with Gasteiger partial charge < -0.3 is 28.5 Å². The van der Waals surface area contributed by atoms with Crippen molar-refractivity contribution in [3.05, 3.63) is 85.1 Å². The minimum atomic E-state index is -1.52. The van der Waals surface area contributed by atoms with Gasteiger partial charge in [-0.1, -0.05) is 330 Å². The first-order chi connectivity index (χ1) is 43.6. The fourth-order valence-electron chi connectivity index (χ4n) is 10.9. The number of carbonyl (C=O) groups excluding carboxylic acids is 2. The van der Waals surface area contributed by atoms with Crippen LogP contribution in [0.15, 0.2) is 85.1 Å². The molecule has 0 saturated carbocycles. The van der Waals surface area contributed by atoms with Crippen molar-refractivity contribution in [3.63, 3.8) is 0 Å². The van der Waals surface area contributed by atoms with Gasteiger partial charge in [-0.25, -0.2) is 4.79 Å². The number of aliphatic carboxylic acids is 1. The van der Waals surface area contributed by atoms with Crippen LogP contribution in [0.5, 0.6) is 0 Å². The predicted octanol–water partition coefficient (Wildman–Crippen LogP) is 23.8.